The van der Waals surface area contributed by atoms with E-state index in [0.29, 0.717) is 10.9 Å². The first-order chi connectivity index (χ1) is 11.1. The van der Waals surface area contributed by atoms with E-state index in [1.54, 1.807) is 23.0 Å². The molecule has 1 amide bonds. The van der Waals surface area contributed by atoms with Gasteiger partial charge in [0.05, 0.1) is 11.1 Å². The van der Waals surface area contributed by atoms with Crippen molar-refractivity contribution in [2.45, 2.75) is 37.3 Å². The van der Waals surface area contributed by atoms with E-state index in [1.807, 2.05) is 4.90 Å². The van der Waals surface area contributed by atoms with Gasteiger partial charge in [0.25, 0.3) is 5.56 Å². The van der Waals surface area contributed by atoms with Crippen molar-refractivity contribution in [3.05, 3.63) is 20.8 Å². The van der Waals surface area contributed by atoms with Crippen LogP contribution in [0.1, 0.15) is 29.7 Å². The van der Waals surface area contributed by atoms with Gasteiger partial charge in [-0.25, -0.2) is 4.98 Å². The normalized spacial score (nSPS) is 17.2. The molecule has 4 rings (SSSR count). The van der Waals surface area contributed by atoms with Crippen molar-refractivity contribution in [2.24, 2.45) is 7.05 Å². The van der Waals surface area contributed by atoms with Crippen LogP contribution in [0.2, 0.25) is 0 Å². The number of thioether (sulfide) groups is 1. The van der Waals surface area contributed by atoms with Gasteiger partial charge in [-0.05, 0) is 37.7 Å². The van der Waals surface area contributed by atoms with Crippen LogP contribution in [0.15, 0.2) is 9.95 Å². The Morgan fingerprint density at radius 1 is 1.26 bits per heavy atom. The first-order valence-electron chi connectivity index (χ1n) is 8.07. The second kappa shape index (κ2) is 5.94. The van der Waals surface area contributed by atoms with Gasteiger partial charge in [-0.3, -0.25) is 14.2 Å². The summed E-state index contributed by atoms with van der Waals surface area (Å²) in [5, 5.41) is 1.45. The van der Waals surface area contributed by atoms with Crippen LogP contribution < -0.4 is 5.56 Å². The summed E-state index contributed by atoms with van der Waals surface area (Å²) in [6.45, 7) is 1.73. The number of hydrogen-bond acceptors (Lipinski definition) is 5. The fourth-order valence-electron chi connectivity index (χ4n) is 3.42. The number of rotatable bonds is 3. The van der Waals surface area contributed by atoms with Gasteiger partial charge in [0.15, 0.2) is 5.16 Å². The minimum atomic E-state index is 0.0329. The summed E-state index contributed by atoms with van der Waals surface area (Å²) in [7, 11) is 1.76. The Morgan fingerprint density at radius 2 is 2.04 bits per heavy atom. The number of likely N-dealkylation sites (tertiary alicyclic amines) is 1. The molecule has 1 aliphatic carbocycles. The molecular formula is C16H19N3O2S2. The molecule has 23 heavy (non-hydrogen) atoms. The molecule has 7 heteroatoms. The number of aromatic nitrogens is 2. The average molecular weight is 349 g/mol. The van der Waals surface area contributed by atoms with E-state index in [-0.39, 0.29) is 11.5 Å². The third kappa shape index (κ3) is 2.59. The minimum Gasteiger partial charge on any atom is -0.342 e. The lowest BCUT2D eigenvalue weighted by atomic mass is 10.2. The predicted octanol–water partition coefficient (Wildman–Crippen LogP) is 2.20. The molecule has 0 saturated carbocycles. The van der Waals surface area contributed by atoms with Crippen molar-refractivity contribution in [1.29, 1.82) is 0 Å². The van der Waals surface area contributed by atoms with Crippen LogP contribution in [-0.4, -0.2) is 39.2 Å². The molecule has 5 nitrogen and oxygen atoms in total. The van der Waals surface area contributed by atoms with E-state index in [9.17, 15) is 9.59 Å². The standard InChI is InChI=1S/C16H19N3O2S2/c1-18-15(21)13-10-5-4-6-11(10)23-14(13)17-16(18)22-9-12(20)19-7-2-3-8-19/h2-9H2,1H3. The van der Waals surface area contributed by atoms with E-state index in [4.69, 9.17) is 0 Å². The molecule has 122 valence electrons. The third-order valence-electron chi connectivity index (χ3n) is 4.69. The molecule has 1 fully saturated rings. The lowest BCUT2D eigenvalue weighted by Crippen LogP contribution is -2.29. The van der Waals surface area contributed by atoms with Gasteiger partial charge in [-0.15, -0.1) is 11.3 Å². The maximum atomic E-state index is 12.7. The highest BCUT2D eigenvalue weighted by molar-refractivity contribution is 7.99. The molecule has 1 saturated heterocycles. The monoisotopic (exact) mass is 349 g/mol. The Labute approximate surface area is 142 Å². The topological polar surface area (TPSA) is 55.2 Å². The molecule has 2 aliphatic rings. The highest BCUT2D eigenvalue weighted by Gasteiger charge is 2.23. The Balaban J connectivity index is 1.61. The molecule has 0 N–H and O–H groups in total. The van der Waals surface area contributed by atoms with Gasteiger partial charge in [0.1, 0.15) is 4.83 Å². The van der Waals surface area contributed by atoms with Crippen molar-refractivity contribution in [2.75, 3.05) is 18.8 Å². The van der Waals surface area contributed by atoms with E-state index in [1.165, 1.54) is 22.2 Å². The molecule has 0 unspecified atom stereocenters. The number of carbonyl (C=O) groups is 1. The molecular weight excluding hydrogens is 330 g/mol. The number of carbonyl (C=O) groups excluding carboxylic acids is 1. The van der Waals surface area contributed by atoms with Crippen LogP contribution in [-0.2, 0) is 24.7 Å². The summed E-state index contributed by atoms with van der Waals surface area (Å²) < 4.78 is 1.61. The summed E-state index contributed by atoms with van der Waals surface area (Å²) in [5.74, 6) is 0.507. The van der Waals surface area contributed by atoms with Crippen LogP contribution in [0.25, 0.3) is 10.2 Å². The number of fused-ring (bicyclic) bond motifs is 3. The van der Waals surface area contributed by atoms with Gasteiger partial charge >= 0.3 is 0 Å². The lowest BCUT2D eigenvalue weighted by Gasteiger charge is -2.15. The third-order valence-corrected chi connectivity index (χ3v) is 6.89. The largest absolute Gasteiger partial charge is 0.342 e. The summed E-state index contributed by atoms with van der Waals surface area (Å²) >= 11 is 3.03. The molecule has 0 atom stereocenters. The fourth-order valence-corrected chi connectivity index (χ4v) is 5.60. The van der Waals surface area contributed by atoms with Gasteiger partial charge < -0.3 is 4.90 Å². The molecule has 0 aromatic carbocycles. The molecule has 2 aromatic heterocycles. The number of aryl methyl sites for hydroxylation is 2. The highest BCUT2D eigenvalue weighted by Crippen LogP contribution is 2.35. The Hall–Kier alpha value is -1.34. The molecule has 1 aliphatic heterocycles. The first kappa shape index (κ1) is 15.2. The van der Waals surface area contributed by atoms with Gasteiger partial charge in [0.2, 0.25) is 5.91 Å². The van der Waals surface area contributed by atoms with Gasteiger partial charge in [0, 0.05) is 25.0 Å². The first-order valence-corrected chi connectivity index (χ1v) is 9.87. The Bertz CT molecular complexity index is 834. The molecule has 3 heterocycles. The summed E-state index contributed by atoms with van der Waals surface area (Å²) in [6, 6.07) is 0. The van der Waals surface area contributed by atoms with Crippen molar-refractivity contribution in [3.63, 3.8) is 0 Å². The lowest BCUT2D eigenvalue weighted by molar-refractivity contribution is -0.127. The SMILES string of the molecule is Cn1c(SCC(=O)N2CCCC2)nc2sc3c(c2c1=O)CCC3. The predicted molar refractivity (Wildman–Crippen MR) is 93.4 cm³/mol. The van der Waals surface area contributed by atoms with Crippen molar-refractivity contribution >= 4 is 39.2 Å². The zero-order chi connectivity index (χ0) is 16.0. The Kier molecular flexibility index (Phi) is 3.93. The van der Waals surface area contributed by atoms with E-state index in [0.717, 1.165) is 55.4 Å². The fraction of sp³-hybridized carbons (Fsp3) is 0.562. The quantitative estimate of drug-likeness (QED) is 0.630. The van der Waals surface area contributed by atoms with Crippen LogP contribution in [0.5, 0.6) is 0 Å². The number of thiophene rings is 1. The molecule has 0 spiro atoms. The van der Waals surface area contributed by atoms with E-state index in [2.05, 4.69) is 4.98 Å². The maximum absolute atomic E-state index is 12.7. The number of amides is 1. The van der Waals surface area contributed by atoms with Crippen molar-refractivity contribution < 1.29 is 4.79 Å². The van der Waals surface area contributed by atoms with Crippen LogP contribution in [0.3, 0.4) is 0 Å². The number of hydrogen-bond donors (Lipinski definition) is 0. The summed E-state index contributed by atoms with van der Waals surface area (Å²) in [5.41, 5.74) is 1.24. The van der Waals surface area contributed by atoms with E-state index < -0.39 is 0 Å². The Morgan fingerprint density at radius 3 is 2.83 bits per heavy atom. The van der Waals surface area contributed by atoms with Crippen LogP contribution in [0, 0.1) is 0 Å². The maximum Gasteiger partial charge on any atom is 0.262 e. The molecule has 2 aromatic rings. The molecule has 0 bridgehead atoms. The average Bonchev–Trinajstić information content (AvgIpc) is 3.24. The minimum absolute atomic E-state index is 0.0329. The van der Waals surface area contributed by atoms with Gasteiger partial charge in [-0.1, -0.05) is 11.8 Å². The zero-order valence-corrected chi connectivity index (χ0v) is 14.8. The zero-order valence-electron chi connectivity index (χ0n) is 13.1. The second-order valence-corrected chi connectivity index (χ2v) is 8.20. The summed E-state index contributed by atoms with van der Waals surface area (Å²) in [4.78, 5) is 33.6. The van der Waals surface area contributed by atoms with Crippen LogP contribution >= 0.6 is 23.1 Å². The van der Waals surface area contributed by atoms with Crippen molar-refractivity contribution in [3.8, 4) is 0 Å². The number of nitrogens with zero attached hydrogens (tertiary/aromatic N) is 3. The van der Waals surface area contributed by atoms with E-state index >= 15 is 0 Å². The van der Waals surface area contributed by atoms with Gasteiger partial charge in [-0.2, -0.15) is 0 Å². The highest BCUT2D eigenvalue weighted by atomic mass is 32.2. The van der Waals surface area contributed by atoms with Crippen molar-refractivity contribution in [1.82, 2.24) is 14.5 Å². The van der Waals surface area contributed by atoms with Crippen LogP contribution in [0.4, 0.5) is 0 Å². The summed E-state index contributed by atoms with van der Waals surface area (Å²) in [6.07, 6.45) is 5.39. The second-order valence-electron chi connectivity index (χ2n) is 6.17. The smallest absolute Gasteiger partial charge is 0.262 e. The molecule has 0 radical (unpaired) electrons.